The van der Waals surface area contributed by atoms with Crippen molar-refractivity contribution in [3.05, 3.63) is 105 Å². The number of nitrogens with one attached hydrogen (secondary N) is 5. The number of aryl methyl sites for hydroxylation is 2. The van der Waals surface area contributed by atoms with Crippen LogP contribution in [0.15, 0.2) is 72.2 Å². The van der Waals surface area contributed by atoms with Crippen LogP contribution in [0.25, 0.3) is 21.3 Å². The van der Waals surface area contributed by atoms with Gasteiger partial charge in [0.2, 0.25) is 35.4 Å². The highest BCUT2D eigenvalue weighted by atomic mass is 35.5. The number of H-pyrrole nitrogens is 1. The average Bonchev–Trinajstić information content (AvgIpc) is 4.00. The van der Waals surface area contributed by atoms with Crippen LogP contribution in [0.1, 0.15) is 130 Å². The molecule has 85 heavy (non-hydrogen) atoms. The van der Waals surface area contributed by atoms with Crippen LogP contribution in [0.5, 0.6) is 5.75 Å². The quantitative estimate of drug-likeness (QED) is 0.0308. The van der Waals surface area contributed by atoms with Gasteiger partial charge in [-0.2, -0.15) is 0 Å². The molecule has 7 amide bonds. The van der Waals surface area contributed by atoms with Gasteiger partial charge in [-0.05, 0) is 104 Å². The second-order valence-electron chi connectivity index (χ2n) is 22.7. The normalized spacial score (nSPS) is 17.4. The summed E-state index contributed by atoms with van der Waals surface area (Å²) in [5.41, 5.74) is 8.81. The van der Waals surface area contributed by atoms with Gasteiger partial charge in [0, 0.05) is 48.8 Å². The number of aliphatic hydroxyl groups is 1. The zero-order chi connectivity index (χ0) is 60.7. The number of nitrogens with zero attached hydrogens (tertiary/aromatic N) is 3. The summed E-state index contributed by atoms with van der Waals surface area (Å²) in [5.74, 6) is -3.77. The molecule has 0 bridgehead atoms. The van der Waals surface area contributed by atoms with Crippen LogP contribution in [0, 0.1) is 18.3 Å². The Labute approximate surface area is 502 Å². The molecule has 2 fully saturated rings. The number of aromatic nitrogens is 2. The number of carbonyl (C=O) groups is 8. The molecule has 7 rings (SSSR count). The van der Waals surface area contributed by atoms with Gasteiger partial charge in [0.05, 0.1) is 39.3 Å². The fourth-order valence-corrected chi connectivity index (χ4v) is 11.9. The maximum absolute atomic E-state index is 14.3. The molecule has 2 aliphatic rings. The molecule has 0 radical (unpaired) electrons. The lowest BCUT2D eigenvalue weighted by Gasteiger charge is -2.35. The van der Waals surface area contributed by atoms with Gasteiger partial charge in [0.25, 0.3) is 11.4 Å². The first kappa shape index (κ1) is 68.7. The van der Waals surface area contributed by atoms with Crippen molar-refractivity contribution >= 4 is 88.3 Å². The van der Waals surface area contributed by atoms with Crippen LogP contribution in [0.4, 0.5) is 0 Å². The number of hydrogen-bond donors (Lipinski definition) is 11. The zero-order valence-corrected chi connectivity index (χ0v) is 51.3. The van der Waals surface area contributed by atoms with E-state index >= 15 is 0 Å². The second kappa shape index (κ2) is 29.3. The molecule has 7 atom stereocenters. The summed E-state index contributed by atoms with van der Waals surface area (Å²) in [6.45, 7) is 12.7. The Balaban J connectivity index is 0.00000660. The van der Waals surface area contributed by atoms with Crippen LogP contribution in [-0.2, 0) is 39.8 Å². The van der Waals surface area contributed by atoms with E-state index < -0.39 is 108 Å². The number of likely N-dealkylation sites (tertiary alicyclic amines) is 2. The lowest BCUT2D eigenvalue weighted by molar-refractivity contribution is -0.144. The third-order valence-corrected chi connectivity index (χ3v) is 17.1. The number of rotatable bonds is 24. The SMILES string of the molecule is Cc1ncsc1-c1ccc([C@H](C)NC(=O)[C@@H]2C[C@@H](O)CN2C(=O)[C@@H](NC(=O)CCCc2cccc(OC[C@H](CCC(N)=O)NC(=O)[C@@H]3CCCN3C(=O)[C@@H](NC(=O)c3cc4cc(C(=O)P(=O)(O)O)ccc4[nH]3)C(C)C)c2Cl)C(C)(C)C)cc1.N.N. The molecule has 462 valence electrons. The number of halogens is 1. The molecular formula is C58H79ClN11O13PS. The van der Waals surface area contributed by atoms with Crippen molar-refractivity contribution in [2.24, 2.45) is 17.1 Å². The zero-order valence-electron chi connectivity index (χ0n) is 48.8. The predicted octanol–water partition coefficient (Wildman–Crippen LogP) is 6.16. The van der Waals surface area contributed by atoms with Gasteiger partial charge in [-0.15, -0.1) is 11.3 Å². The van der Waals surface area contributed by atoms with Crippen LogP contribution in [0.2, 0.25) is 5.02 Å². The summed E-state index contributed by atoms with van der Waals surface area (Å²) < 4.78 is 17.7. The molecule has 2 saturated heterocycles. The Morgan fingerprint density at radius 1 is 0.894 bits per heavy atom. The van der Waals surface area contributed by atoms with E-state index in [0.29, 0.717) is 42.1 Å². The van der Waals surface area contributed by atoms with Crippen molar-refractivity contribution in [1.82, 2.24) is 53.3 Å². The smallest absolute Gasteiger partial charge is 0.396 e. The number of benzene rings is 3. The second-order valence-corrected chi connectivity index (χ2v) is 25.4. The van der Waals surface area contributed by atoms with Gasteiger partial charge in [0.15, 0.2) is 0 Å². The van der Waals surface area contributed by atoms with Gasteiger partial charge >= 0.3 is 7.60 Å². The Morgan fingerprint density at radius 3 is 2.22 bits per heavy atom. The molecule has 5 aromatic rings. The molecule has 2 aliphatic heterocycles. The van der Waals surface area contributed by atoms with Gasteiger partial charge in [0.1, 0.15) is 42.2 Å². The average molecular weight is 1240 g/mol. The van der Waals surface area contributed by atoms with E-state index in [-0.39, 0.29) is 79.7 Å². The highest BCUT2D eigenvalue weighted by Crippen LogP contribution is 2.40. The fraction of sp³-hybridized carbons (Fsp3) is 0.466. The number of aliphatic hydroxyl groups excluding tert-OH is 1. The van der Waals surface area contributed by atoms with Crippen LogP contribution >= 0.6 is 30.5 Å². The summed E-state index contributed by atoms with van der Waals surface area (Å²) in [5, 5.41) is 22.9. The third-order valence-electron chi connectivity index (χ3n) is 14.9. The molecule has 0 saturated carbocycles. The molecule has 4 heterocycles. The lowest BCUT2D eigenvalue weighted by atomic mass is 9.85. The van der Waals surface area contributed by atoms with E-state index in [9.17, 15) is 57.8 Å². The summed E-state index contributed by atoms with van der Waals surface area (Å²) in [7, 11) is -5.06. The maximum atomic E-state index is 14.3. The predicted molar refractivity (Wildman–Crippen MR) is 322 cm³/mol. The summed E-state index contributed by atoms with van der Waals surface area (Å²) in [6, 6.07) is 13.0. The molecule has 3 aromatic carbocycles. The maximum Gasteiger partial charge on any atom is 0.396 e. The molecule has 0 aliphatic carbocycles. The van der Waals surface area contributed by atoms with E-state index in [4.69, 9.17) is 22.1 Å². The number of aromatic amines is 1. The highest BCUT2D eigenvalue weighted by molar-refractivity contribution is 7.70. The first-order chi connectivity index (χ1) is 39.1. The summed E-state index contributed by atoms with van der Waals surface area (Å²) >= 11 is 8.43. The topological polar surface area (TPSA) is 403 Å². The molecule has 0 unspecified atom stereocenters. The van der Waals surface area contributed by atoms with Crippen LogP contribution in [0.3, 0.4) is 0 Å². The lowest BCUT2D eigenvalue weighted by Crippen LogP contribution is -2.57. The third kappa shape index (κ3) is 17.3. The van der Waals surface area contributed by atoms with Gasteiger partial charge in [-0.1, -0.05) is 82.6 Å². The van der Waals surface area contributed by atoms with Crippen LogP contribution < -0.4 is 44.0 Å². The van der Waals surface area contributed by atoms with Crippen molar-refractivity contribution in [2.45, 2.75) is 142 Å². The Hall–Kier alpha value is -7.09. The van der Waals surface area contributed by atoms with Crippen molar-refractivity contribution in [3.8, 4) is 16.2 Å². The minimum atomic E-state index is -5.06. The van der Waals surface area contributed by atoms with Gasteiger partial charge < -0.3 is 73.7 Å². The molecular weight excluding hydrogens is 1160 g/mol. The highest BCUT2D eigenvalue weighted by Gasteiger charge is 2.45. The number of fused-ring (bicyclic) bond motifs is 1. The fourth-order valence-electron chi connectivity index (χ4n) is 10.3. The number of primary amides is 1. The molecule has 0 spiro atoms. The molecule has 27 heteroatoms. The van der Waals surface area contributed by atoms with Crippen molar-refractivity contribution in [2.75, 3.05) is 19.7 Å². The van der Waals surface area contributed by atoms with Crippen molar-refractivity contribution in [3.63, 3.8) is 0 Å². The molecule has 24 nitrogen and oxygen atoms in total. The number of β-amino-alcohol motifs (C(OH)–C–C–N with tert-alkyl or cyclic N) is 1. The van der Waals surface area contributed by atoms with E-state index in [1.54, 1.807) is 48.9 Å². The van der Waals surface area contributed by atoms with Crippen molar-refractivity contribution < 1.29 is 62.6 Å². The summed E-state index contributed by atoms with van der Waals surface area (Å²) in [6.07, 6.45) is 0.551. The van der Waals surface area contributed by atoms with E-state index in [1.807, 2.05) is 58.9 Å². The molecule has 16 N–H and O–H groups in total. The number of hydrogen-bond acceptors (Lipinski definition) is 15. The number of nitrogens with two attached hydrogens (primary N) is 1. The first-order valence-corrected chi connectivity index (χ1v) is 30.4. The summed E-state index contributed by atoms with van der Waals surface area (Å²) in [4.78, 5) is 137. The van der Waals surface area contributed by atoms with Crippen LogP contribution in [-0.4, -0.2) is 138 Å². The minimum absolute atomic E-state index is 0. The van der Waals surface area contributed by atoms with Gasteiger partial charge in [-0.3, -0.25) is 42.9 Å². The number of carbonyl (C=O) groups excluding carboxylic acids is 8. The monoisotopic (exact) mass is 1240 g/mol. The number of amides is 7. The number of thiazole rings is 1. The van der Waals surface area contributed by atoms with E-state index in [1.165, 1.54) is 34.1 Å². The number of ether oxygens (including phenoxy) is 1. The first-order valence-electron chi connectivity index (χ1n) is 27.5. The van der Waals surface area contributed by atoms with E-state index in [0.717, 1.165) is 21.7 Å². The van der Waals surface area contributed by atoms with E-state index in [2.05, 4.69) is 31.2 Å². The molecule has 2 aromatic heterocycles. The Morgan fingerprint density at radius 2 is 1.59 bits per heavy atom. The van der Waals surface area contributed by atoms with Gasteiger partial charge in [-0.25, -0.2) is 4.98 Å². The standard InChI is InChI=1S/C58H73ClN9O13PS.2H3N/c1-31(2)49(66-52(72)42-26-38-25-37(20-22-41(38)64-42)57(77)82(78,79)80)55(75)67-24-10-13-43(67)53(73)63-39(21-23-46(60)70)29-81-45-14-8-11-35(48(45)59)12-9-15-47(71)65-51(58(5,6)7)56(76)68-28-40(69)27-44(68)54(74)62-32(3)34-16-18-36(19-17-34)50-33(4)61-30-83-50;;/h8,11,14,16-20,22,25-26,30-32,39-40,43-44,49,51,64,69H,9-10,12-13,15,21,23-24,27-29H2,1-7H3,(H2,60,70)(H,62,74)(H,63,73)(H,65,71)(H,66,72)(H2,78,79,80);2*1H3/t32-,39-,40+,43-,44-,49-,51+;;/m0../s1. The minimum Gasteiger partial charge on any atom is -0.490 e. The Bertz CT molecular complexity index is 3290. The Kier molecular flexibility index (Phi) is 23.7. The van der Waals surface area contributed by atoms with Crippen molar-refractivity contribution in [1.29, 1.82) is 0 Å². The largest absolute Gasteiger partial charge is 0.490 e.